The lowest BCUT2D eigenvalue weighted by Crippen LogP contribution is -2.16. The maximum absolute atomic E-state index is 12.7. The smallest absolute Gasteiger partial charge is 0.230 e. The summed E-state index contributed by atoms with van der Waals surface area (Å²) in [5, 5.41) is 13.1. The van der Waals surface area contributed by atoms with E-state index in [4.69, 9.17) is 21.3 Å². The van der Waals surface area contributed by atoms with Crippen molar-refractivity contribution < 1.29 is 14.6 Å². The number of methoxy groups -OCH3 is 1. The summed E-state index contributed by atoms with van der Waals surface area (Å²) < 4.78 is 5.21. The highest BCUT2D eigenvalue weighted by molar-refractivity contribution is 6.30. The van der Waals surface area contributed by atoms with Crippen molar-refractivity contribution >= 4 is 23.3 Å². The van der Waals surface area contributed by atoms with Crippen LogP contribution in [0.15, 0.2) is 79.0 Å². The molecule has 1 heterocycles. The van der Waals surface area contributed by atoms with Crippen LogP contribution in [-0.2, 0) is 11.2 Å². The molecule has 0 unspecified atom stereocenters. The summed E-state index contributed by atoms with van der Waals surface area (Å²) in [4.78, 5) is 21.9. The van der Waals surface area contributed by atoms with Crippen LogP contribution in [0.4, 0.5) is 5.82 Å². The summed E-state index contributed by atoms with van der Waals surface area (Å²) in [5.41, 5.74) is 3.56. The van der Waals surface area contributed by atoms with Gasteiger partial charge in [0.1, 0.15) is 17.2 Å². The summed E-state index contributed by atoms with van der Waals surface area (Å²) in [6.45, 7) is 0. The zero-order valence-electron chi connectivity index (χ0n) is 17.2. The number of ether oxygens (including phenoxy) is 1. The Bertz CT molecular complexity index is 1230. The second kappa shape index (κ2) is 9.49. The normalized spacial score (nSPS) is 10.6. The lowest BCUT2D eigenvalue weighted by atomic mass is 10.1. The number of amides is 1. The van der Waals surface area contributed by atoms with Crippen LogP contribution in [0.3, 0.4) is 0 Å². The van der Waals surface area contributed by atoms with E-state index in [1.54, 1.807) is 61.8 Å². The van der Waals surface area contributed by atoms with Gasteiger partial charge in [0.2, 0.25) is 5.91 Å². The molecule has 4 aromatic rings. The molecule has 0 bridgehead atoms. The van der Waals surface area contributed by atoms with Crippen LogP contribution in [0.5, 0.6) is 11.5 Å². The van der Waals surface area contributed by atoms with Crippen LogP contribution < -0.4 is 10.1 Å². The molecule has 0 spiro atoms. The number of halogens is 1. The predicted molar refractivity (Wildman–Crippen MR) is 125 cm³/mol. The Balaban J connectivity index is 1.66. The van der Waals surface area contributed by atoms with Crippen molar-refractivity contribution in [3.63, 3.8) is 0 Å². The molecule has 0 radical (unpaired) electrons. The molecule has 0 aliphatic carbocycles. The monoisotopic (exact) mass is 445 g/mol. The van der Waals surface area contributed by atoms with Crippen molar-refractivity contribution in [1.82, 2.24) is 9.97 Å². The highest BCUT2D eigenvalue weighted by Gasteiger charge is 2.15. The summed E-state index contributed by atoms with van der Waals surface area (Å²) in [6, 6.07) is 21.2. The van der Waals surface area contributed by atoms with Gasteiger partial charge >= 0.3 is 0 Å². The highest BCUT2D eigenvalue weighted by Crippen LogP contribution is 2.29. The van der Waals surface area contributed by atoms with Crippen LogP contribution in [0.25, 0.3) is 22.5 Å². The Morgan fingerprint density at radius 1 is 0.969 bits per heavy atom. The third-order valence-corrected chi connectivity index (χ3v) is 5.09. The molecule has 0 saturated carbocycles. The standard InChI is InChI=1S/C25H20ClN3O3/c1-32-21-12-6-17(7-13-21)22-15-27-25(24(28-22)18-4-10-20(30)11-5-18)29-23(31)14-16-2-8-19(26)9-3-16/h2-13,15,30H,14H2,1H3,(H,27,29,31). The van der Waals surface area contributed by atoms with Gasteiger partial charge in [-0.15, -0.1) is 0 Å². The van der Waals surface area contributed by atoms with Crippen LogP contribution >= 0.6 is 11.6 Å². The second-order valence-corrected chi connectivity index (χ2v) is 7.52. The number of benzene rings is 3. The third kappa shape index (κ3) is 5.04. The van der Waals surface area contributed by atoms with Crippen LogP contribution in [0, 0.1) is 0 Å². The molecule has 7 heteroatoms. The lowest BCUT2D eigenvalue weighted by molar-refractivity contribution is -0.115. The average Bonchev–Trinajstić information content (AvgIpc) is 2.81. The maximum atomic E-state index is 12.7. The Morgan fingerprint density at radius 3 is 2.28 bits per heavy atom. The fraction of sp³-hybridized carbons (Fsp3) is 0.0800. The molecule has 0 atom stereocenters. The fourth-order valence-corrected chi connectivity index (χ4v) is 3.29. The predicted octanol–water partition coefficient (Wildman–Crippen LogP) is 5.36. The number of phenols is 1. The zero-order chi connectivity index (χ0) is 22.5. The largest absolute Gasteiger partial charge is 0.508 e. The Labute approximate surface area is 190 Å². The number of phenolic OH excluding ortho intramolecular Hbond substituents is 1. The zero-order valence-corrected chi connectivity index (χ0v) is 18.0. The van der Waals surface area contributed by atoms with Crippen molar-refractivity contribution in [1.29, 1.82) is 0 Å². The number of rotatable bonds is 6. The van der Waals surface area contributed by atoms with Crippen molar-refractivity contribution in [2.75, 3.05) is 12.4 Å². The number of aromatic nitrogens is 2. The summed E-state index contributed by atoms with van der Waals surface area (Å²) in [6.07, 6.45) is 1.79. The van der Waals surface area contributed by atoms with Gasteiger partial charge in [-0.2, -0.15) is 0 Å². The summed E-state index contributed by atoms with van der Waals surface area (Å²) in [5.74, 6) is 0.999. The van der Waals surface area contributed by atoms with Crippen molar-refractivity contribution in [2.45, 2.75) is 6.42 Å². The molecule has 1 aromatic heterocycles. The minimum absolute atomic E-state index is 0.140. The Hall–Kier alpha value is -3.90. The molecular weight excluding hydrogens is 426 g/mol. The van der Waals surface area contributed by atoms with E-state index in [1.807, 2.05) is 24.3 Å². The van der Waals surface area contributed by atoms with Crippen molar-refractivity contribution in [3.05, 3.63) is 89.6 Å². The van der Waals surface area contributed by atoms with E-state index in [0.717, 1.165) is 16.9 Å². The van der Waals surface area contributed by atoms with Gasteiger partial charge in [-0.05, 0) is 66.2 Å². The van der Waals surface area contributed by atoms with E-state index in [-0.39, 0.29) is 18.1 Å². The number of nitrogens with one attached hydrogen (secondary N) is 1. The molecule has 0 saturated heterocycles. The van der Waals surface area contributed by atoms with Crippen molar-refractivity contribution in [2.24, 2.45) is 0 Å². The van der Waals surface area contributed by atoms with Gasteiger partial charge in [0, 0.05) is 16.1 Å². The maximum Gasteiger partial charge on any atom is 0.230 e. The highest BCUT2D eigenvalue weighted by atomic mass is 35.5. The van der Waals surface area contributed by atoms with Gasteiger partial charge in [0.25, 0.3) is 0 Å². The molecule has 2 N–H and O–H groups in total. The molecule has 32 heavy (non-hydrogen) atoms. The van der Waals surface area contributed by atoms with Crippen LogP contribution in [0.1, 0.15) is 5.56 Å². The number of hydrogen-bond donors (Lipinski definition) is 2. The minimum Gasteiger partial charge on any atom is -0.508 e. The number of nitrogens with zero attached hydrogens (tertiary/aromatic N) is 2. The molecule has 0 fully saturated rings. The van der Waals surface area contributed by atoms with Gasteiger partial charge in [0.05, 0.1) is 25.4 Å². The van der Waals surface area contributed by atoms with E-state index < -0.39 is 0 Å². The first kappa shape index (κ1) is 21.3. The first-order valence-corrected chi connectivity index (χ1v) is 10.2. The van der Waals surface area contributed by atoms with Gasteiger partial charge in [-0.1, -0.05) is 23.7 Å². The van der Waals surface area contributed by atoms with Gasteiger partial charge < -0.3 is 15.2 Å². The van der Waals surface area contributed by atoms with Crippen LogP contribution in [0.2, 0.25) is 5.02 Å². The molecular formula is C25H20ClN3O3. The first-order valence-electron chi connectivity index (χ1n) is 9.87. The first-order chi connectivity index (χ1) is 15.5. The molecule has 160 valence electrons. The number of anilines is 1. The quantitative estimate of drug-likeness (QED) is 0.417. The van der Waals surface area contributed by atoms with E-state index in [2.05, 4.69) is 10.3 Å². The lowest BCUT2D eigenvalue weighted by Gasteiger charge is -2.12. The summed E-state index contributed by atoms with van der Waals surface area (Å²) in [7, 11) is 1.61. The average molecular weight is 446 g/mol. The van der Waals surface area contributed by atoms with E-state index in [0.29, 0.717) is 27.8 Å². The number of hydrogen-bond acceptors (Lipinski definition) is 5. The minimum atomic E-state index is -0.223. The van der Waals surface area contributed by atoms with Gasteiger partial charge in [-0.3, -0.25) is 4.79 Å². The number of carbonyl (C=O) groups is 1. The van der Waals surface area contributed by atoms with Gasteiger partial charge in [0.15, 0.2) is 5.82 Å². The van der Waals surface area contributed by atoms with Crippen LogP contribution in [-0.4, -0.2) is 28.1 Å². The fourth-order valence-electron chi connectivity index (χ4n) is 3.17. The number of carbonyl (C=O) groups excluding carboxylic acids is 1. The van der Waals surface area contributed by atoms with E-state index in [1.165, 1.54) is 0 Å². The molecule has 4 rings (SSSR count). The SMILES string of the molecule is COc1ccc(-c2cnc(NC(=O)Cc3ccc(Cl)cc3)c(-c3ccc(O)cc3)n2)cc1. The third-order valence-electron chi connectivity index (χ3n) is 4.83. The molecule has 3 aromatic carbocycles. The Morgan fingerprint density at radius 2 is 1.62 bits per heavy atom. The topological polar surface area (TPSA) is 84.3 Å². The molecule has 0 aliphatic heterocycles. The molecule has 6 nitrogen and oxygen atoms in total. The van der Waals surface area contributed by atoms with Crippen molar-refractivity contribution in [3.8, 4) is 34.0 Å². The van der Waals surface area contributed by atoms with E-state index >= 15 is 0 Å². The molecule has 1 amide bonds. The van der Waals surface area contributed by atoms with E-state index in [9.17, 15) is 9.90 Å². The second-order valence-electron chi connectivity index (χ2n) is 7.08. The van der Waals surface area contributed by atoms with Gasteiger partial charge in [-0.25, -0.2) is 9.97 Å². The Kier molecular flexibility index (Phi) is 6.33. The summed E-state index contributed by atoms with van der Waals surface area (Å²) >= 11 is 5.92. The number of aromatic hydroxyl groups is 1. The molecule has 0 aliphatic rings.